The van der Waals surface area contributed by atoms with Gasteiger partial charge in [-0.2, -0.15) is 0 Å². The van der Waals surface area contributed by atoms with Gasteiger partial charge >= 0.3 is 0 Å². The van der Waals surface area contributed by atoms with Gasteiger partial charge in [-0.05, 0) is 16.8 Å². The molecule has 1 heterocycles. The van der Waals surface area contributed by atoms with E-state index in [0.717, 1.165) is 17.5 Å². The van der Waals surface area contributed by atoms with Crippen molar-refractivity contribution in [3.05, 3.63) is 42.0 Å². The lowest BCUT2D eigenvalue weighted by Gasteiger charge is -2.06. The van der Waals surface area contributed by atoms with Crippen molar-refractivity contribution in [3.8, 4) is 5.75 Å². The standard InChI is InChI=1S/C12H11NO/c14-11-6-5-8-3-1-2-4-9(8)12(11)10-7-13-10/h1-6,10,13-14H,7H2/t10-/m0/s1. The highest BCUT2D eigenvalue weighted by molar-refractivity contribution is 5.88. The van der Waals surface area contributed by atoms with Gasteiger partial charge in [0.25, 0.3) is 0 Å². The van der Waals surface area contributed by atoms with Crippen LogP contribution in [-0.2, 0) is 0 Å². The van der Waals surface area contributed by atoms with E-state index in [1.54, 1.807) is 6.07 Å². The van der Waals surface area contributed by atoms with Crippen molar-refractivity contribution in [1.82, 2.24) is 5.32 Å². The van der Waals surface area contributed by atoms with Gasteiger partial charge in [0.05, 0.1) is 0 Å². The molecule has 0 aromatic heterocycles. The van der Waals surface area contributed by atoms with Crippen LogP contribution in [0.25, 0.3) is 10.8 Å². The summed E-state index contributed by atoms with van der Waals surface area (Å²) in [7, 11) is 0. The summed E-state index contributed by atoms with van der Waals surface area (Å²) in [5, 5.41) is 15.3. The Morgan fingerprint density at radius 1 is 1.14 bits per heavy atom. The highest BCUT2D eigenvalue weighted by Crippen LogP contribution is 2.35. The summed E-state index contributed by atoms with van der Waals surface area (Å²) in [6.07, 6.45) is 0. The highest BCUT2D eigenvalue weighted by atomic mass is 16.3. The third-order valence-corrected chi connectivity index (χ3v) is 2.70. The molecule has 1 aliphatic rings. The number of rotatable bonds is 1. The van der Waals surface area contributed by atoms with Gasteiger partial charge in [-0.3, -0.25) is 0 Å². The zero-order valence-corrected chi connectivity index (χ0v) is 7.70. The molecule has 1 atom stereocenters. The minimum absolute atomic E-state index is 0.348. The minimum Gasteiger partial charge on any atom is -0.508 e. The number of phenols is 1. The Labute approximate surface area is 82.2 Å². The molecule has 0 saturated carbocycles. The van der Waals surface area contributed by atoms with Crippen LogP contribution >= 0.6 is 0 Å². The predicted octanol–water partition coefficient (Wildman–Crippen LogP) is 2.19. The molecule has 0 radical (unpaired) electrons. The van der Waals surface area contributed by atoms with Gasteiger partial charge in [0.15, 0.2) is 0 Å². The maximum absolute atomic E-state index is 9.78. The van der Waals surface area contributed by atoms with Crippen LogP contribution in [0.3, 0.4) is 0 Å². The number of hydrogen-bond acceptors (Lipinski definition) is 2. The Bertz CT molecular complexity index is 489. The maximum Gasteiger partial charge on any atom is 0.121 e. The average Bonchev–Trinajstić information content (AvgIpc) is 3.01. The first-order valence-corrected chi connectivity index (χ1v) is 4.80. The van der Waals surface area contributed by atoms with Crippen molar-refractivity contribution in [1.29, 1.82) is 0 Å². The fraction of sp³-hybridized carbons (Fsp3) is 0.167. The molecule has 0 unspecified atom stereocenters. The third kappa shape index (κ3) is 1.08. The number of hydrogen-bond donors (Lipinski definition) is 2. The molecule has 2 aromatic rings. The second kappa shape index (κ2) is 2.72. The van der Waals surface area contributed by atoms with E-state index in [4.69, 9.17) is 0 Å². The van der Waals surface area contributed by atoms with Crippen molar-refractivity contribution >= 4 is 10.8 Å². The van der Waals surface area contributed by atoms with Crippen LogP contribution in [-0.4, -0.2) is 11.7 Å². The minimum atomic E-state index is 0.348. The van der Waals surface area contributed by atoms with Gasteiger partial charge in [-0.25, -0.2) is 0 Å². The van der Waals surface area contributed by atoms with Gasteiger partial charge < -0.3 is 10.4 Å². The molecule has 70 valence electrons. The summed E-state index contributed by atoms with van der Waals surface area (Å²) in [4.78, 5) is 0. The van der Waals surface area contributed by atoms with E-state index in [1.165, 1.54) is 5.39 Å². The van der Waals surface area contributed by atoms with Crippen molar-refractivity contribution in [2.75, 3.05) is 6.54 Å². The molecule has 2 nitrogen and oxygen atoms in total. The zero-order valence-electron chi connectivity index (χ0n) is 7.70. The van der Waals surface area contributed by atoms with E-state index >= 15 is 0 Å². The number of benzene rings is 2. The molecule has 1 aliphatic heterocycles. The van der Waals surface area contributed by atoms with Crippen molar-refractivity contribution in [2.45, 2.75) is 6.04 Å². The Kier molecular flexibility index (Phi) is 1.52. The average molecular weight is 185 g/mol. The Morgan fingerprint density at radius 3 is 2.71 bits per heavy atom. The van der Waals surface area contributed by atoms with Crippen LogP contribution in [0.2, 0.25) is 0 Å². The van der Waals surface area contributed by atoms with Crippen LogP contribution in [0, 0.1) is 0 Å². The molecule has 0 aliphatic carbocycles. The SMILES string of the molecule is Oc1ccc2ccccc2c1[C@@H]1CN1. The second-order valence-corrected chi connectivity index (χ2v) is 3.68. The third-order valence-electron chi connectivity index (χ3n) is 2.70. The number of phenolic OH excluding ortho intramolecular Hbond substituents is 1. The molecule has 1 fully saturated rings. The summed E-state index contributed by atoms with van der Waals surface area (Å²) >= 11 is 0. The maximum atomic E-state index is 9.78. The molecule has 1 saturated heterocycles. The smallest absolute Gasteiger partial charge is 0.121 e. The van der Waals surface area contributed by atoms with E-state index in [0.29, 0.717) is 11.8 Å². The highest BCUT2D eigenvalue weighted by Gasteiger charge is 2.26. The fourth-order valence-corrected chi connectivity index (χ4v) is 1.91. The Morgan fingerprint density at radius 2 is 1.93 bits per heavy atom. The van der Waals surface area contributed by atoms with E-state index in [9.17, 15) is 5.11 Å². The van der Waals surface area contributed by atoms with Crippen molar-refractivity contribution in [3.63, 3.8) is 0 Å². The first-order chi connectivity index (χ1) is 6.86. The first-order valence-electron chi connectivity index (χ1n) is 4.80. The molecule has 0 amide bonds. The van der Waals surface area contributed by atoms with Crippen LogP contribution < -0.4 is 5.32 Å². The molecule has 14 heavy (non-hydrogen) atoms. The Hall–Kier alpha value is -1.54. The largest absolute Gasteiger partial charge is 0.508 e. The molecular weight excluding hydrogens is 174 g/mol. The monoisotopic (exact) mass is 185 g/mol. The number of aromatic hydroxyl groups is 1. The Balaban J connectivity index is 2.37. The van der Waals surface area contributed by atoms with E-state index < -0.39 is 0 Å². The number of nitrogens with one attached hydrogen (secondary N) is 1. The lowest BCUT2D eigenvalue weighted by molar-refractivity contribution is 0.469. The number of fused-ring (bicyclic) bond motifs is 1. The molecular formula is C12H11NO. The van der Waals surface area contributed by atoms with Crippen LogP contribution in [0.4, 0.5) is 0 Å². The summed E-state index contributed by atoms with van der Waals surface area (Å²) in [6, 6.07) is 12.2. The van der Waals surface area contributed by atoms with Crippen LogP contribution in [0.15, 0.2) is 36.4 Å². The molecule has 2 aromatic carbocycles. The summed E-state index contributed by atoms with van der Waals surface area (Å²) < 4.78 is 0. The summed E-state index contributed by atoms with van der Waals surface area (Å²) in [5.74, 6) is 0.402. The summed E-state index contributed by atoms with van der Waals surface area (Å²) in [5.41, 5.74) is 1.04. The normalized spacial score (nSPS) is 19.9. The summed E-state index contributed by atoms with van der Waals surface area (Å²) in [6.45, 7) is 0.974. The molecule has 0 bridgehead atoms. The van der Waals surface area contributed by atoms with Gasteiger partial charge in [-0.15, -0.1) is 0 Å². The first kappa shape index (κ1) is 7.83. The fourth-order valence-electron chi connectivity index (χ4n) is 1.91. The second-order valence-electron chi connectivity index (χ2n) is 3.68. The van der Waals surface area contributed by atoms with E-state index in [2.05, 4.69) is 17.4 Å². The van der Waals surface area contributed by atoms with Crippen molar-refractivity contribution in [2.24, 2.45) is 0 Å². The van der Waals surface area contributed by atoms with Gasteiger partial charge in [0, 0.05) is 18.2 Å². The lowest BCUT2D eigenvalue weighted by atomic mass is 10.0. The molecule has 0 spiro atoms. The topological polar surface area (TPSA) is 42.2 Å². The van der Waals surface area contributed by atoms with E-state index in [-0.39, 0.29) is 0 Å². The molecule has 2 N–H and O–H groups in total. The lowest BCUT2D eigenvalue weighted by Crippen LogP contribution is -1.87. The van der Waals surface area contributed by atoms with Crippen LogP contribution in [0.1, 0.15) is 11.6 Å². The zero-order chi connectivity index (χ0) is 9.54. The molecule has 2 heteroatoms. The van der Waals surface area contributed by atoms with Gasteiger partial charge in [0.2, 0.25) is 0 Å². The van der Waals surface area contributed by atoms with Gasteiger partial charge in [-0.1, -0.05) is 30.3 Å². The predicted molar refractivity (Wildman–Crippen MR) is 56.4 cm³/mol. The molecule has 3 rings (SSSR count). The quantitative estimate of drug-likeness (QED) is 0.669. The van der Waals surface area contributed by atoms with E-state index in [1.807, 2.05) is 18.2 Å². The van der Waals surface area contributed by atoms with Gasteiger partial charge in [0.1, 0.15) is 5.75 Å². The van der Waals surface area contributed by atoms with Crippen LogP contribution in [0.5, 0.6) is 5.75 Å². The van der Waals surface area contributed by atoms with Crippen molar-refractivity contribution < 1.29 is 5.11 Å².